The van der Waals surface area contributed by atoms with Gasteiger partial charge in [0.05, 0.1) is 12.7 Å². The van der Waals surface area contributed by atoms with Crippen molar-refractivity contribution in [2.75, 3.05) is 6.61 Å². The highest BCUT2D eigenvalue weighted by atomic mass is 19.1. The van der Waals surface area contributed by atoms with Crippen LogP contribution < -0.4 is 0 Å². The van der Waals surface area contributed by atoms with E-state index in [2.05, 4.69) is 11.7 Å². The summed E-state index contributed by atoms with van der Waals surface area (Å²) >= 11 is 0. The molecular weight excluding hydrogens is 209 g/mol. The topological polar surface area (TPSA) is 41.8 Å². The van der Waals surface area contributed by atoms with Crippen molar-refractivity contribution in [3.05, 3.63) is 48.3 Å². The van der Waals surface area contributed by atoms with Gasteiger partial charge in [0.15, 0.2) is 0 Å². The predicted octanol–water partition coefficient (Wildman–Crippen LogP) is 2.60. The van der Waals surface area contributed by atoms with E-state index in [1.165, 1.54) is 12.1 Å². The Kier molecular flexibility index (Phi) is 4.66. The van der Waals surface area contributed by atoms with E-state index in [9.17, 15) is 4.39 Å². The molecule has 0 saturated heterocycles. The van der Waals surface area contributed by atoms with Crippen LogP contribution in [-0.4, -0.2) is 23.6 Å². The van der Waals surface area contributed by atoms with Crippen LogP contribution in [0.1, 0.15) is 12.5 Å². The van der Waals surface area contributed by atoms with E-state index in [0.29, 0.717) is 0 Å². The number of rotatable bonds is 5. The van der Waals surface area contributed by atoms with E-state index >= 15 is 0 Å². The van der Waals surface area contributed by atoms with Crippen molar-refractivity contribution in [1.29, 1.82) is 0 Å². The Morgan fingerprint density at radius 3 is 2.88 bits per heavy atom. The quantitative estimate of drug-likeness (QED) is 0.361. The largest absolute Gasteiger partial charge is 0.411 e. The lowest BCUT2D eigenvalue weighted by Gasteiger charge is -2.10. The summed E-state index contributed by atoms with van der Waals surface area (Å²) in [5, 5.41) is 11.8. The normalized spacial score (nSPS) is 13.5. The van der Waals surface area contributed by atoms with E-state index in [0.717, 1.165) is 0 Å². The number of nitrogens with zero attached hydrogens (tertiary/aromatic N) is 1. The zero-order valence-electron chi connectivity index (χ0n) is 9.06. The number of benzene rings is 1. The SMILES string of the molecule is C=C[C@H](C)OC/C(=N\O)c1ccccc1F. The minimum absolute atomic E-state index is 0.0324. The maximum Gasteiger partial charge on any atom is 0.132 e. The molecule has 0 aliphatic rings. The van der Waals surface area contributed by atoms with E-state index in [-0.39, 0.29) is 24.0 Å². The second-order valence-electron chi connectivity index (χ2n) is 3.28. The van der Waals surface area contributed by atoms with Crippen molar-refractivity contribution in [3.63, 3.8) is 0 Å². The minimum Gasteiger partial charge on any atom is -0.411 e. The molecule has 0 aromatic heterocycles. The van der Waals surface area contributed by atoms with Crippen LogP contribution in [0.25, 0.3) is 0 Å². The fourth-order valence-electron chi connectivity index (χ4n) is 1.13. The third-order valence-corrected chi connectivity index (χ3v) is 2.12. The minimum atomic E-state index is -0.440. The van der Waals surface area contributed by atoms with Crippen LogP contribution in [0.2, 0.25) is 0 Å². The Hall–Kier alpha value is -1.68. The summed E-state index contributed by atoms with van der Waals surface area (Å²) in [5.74, 6) is -0.440. The summed E-state index contributed by atoms with van der Waals surface area (Å²) in [6.07, 6.45) is 1.43. The molecule has 1 rings (SSSR count). The van der Waals surface area contributed by atoms with Crippen LogP contribution in [0.5, 0.6) is 0 Å². The standard InChI is InChI=1S/C12H14FNO2/c1-3-9(2)16-8-12(14-15)10-6-4-5-7-11(10)13/h3-7,9,15H,1,8H2,2H3/b14-12+/t9-/m0/s1. The first-order valence-electron chi connectivity index (χ1n) is 4.89. The van der Waals surface area contributed by atoms with Gasteiger partial charge in [0.25, 0.3) is 0 Å². The van der Waals surface area contributed by atoms with Gasteiger partial charge in [0.2, 0.25) is 0 Å². The van der Waals surface area contributed by atoms with Crippen LogP contribution in [0.15, 0.2) is 42.1 Å². The van der Waals surface area contributed by atoms with Gasteiger partial charge in [-0.15, -0.1) is 6.58 Å². The number of hydrogen-bond acceptors (Lipinski definition) is 3. The van der Waals surface area contributed by atoms with E-state index < -0.39 is 5.82 Å². The van der Waals surface area contributed by atoms with Crippen molar-refractivity contribution < 1.29 is 14.3 Å². The summed E-state index contributed by atoms with van der Waals surface area (Å²) in [6.45, 7) is 5.38. The Balaban J connectivity index is 2.77. The van der Waals surface area contributed by atoms with Crippen LogP contribution in [0.4, 0.5) is 4.39 Å². The first kappa shape index (κ1) is 12.4. The summed E-state index contributed by atoms with van der Waals surface area (Å²) in [7, 11) is 0. The summed E-state index contributed by atoms with van der Waals surface area (Å²) in [4.78, 5) is 0. The van der Waals surface area contributed by atoms with Crippen LogP contribution in [0, 0.1) is 5.82 Å². The molecule has 0 unspecified atom stereocenters. The highest BCUT2D eigenvalue weighted by molar-refractivity contribution is 6.01. The predicted molar refractivity (Wildman–Crippen MR) is 60.3 cm³/mol. The Morgan fingerprint density at radius 1 is 1.62 bits per heavy atom. The van der Waals surface area contributed by atoms with Gasteiger partial charge in [-0.2, -0.15) is 0 Å². The second kappa shape index (κ2) is 6.02. The van der Waals surface area contributed by atoms with Gasteiger partial charge in [0.1, 0.15) is 11.5 Å². The van der Waals surface area contributed by atoms with Gasteiger partial charge >= 0.3 is 0 Å². The molecule has 1 N–H and O–H groups in total. The molecule has 16 heavy (non-hydrogen) atoms. The Morgan fingerprint density at radius 2 is 2.31 bits per heavy atom. The van der Waals surface area contributed by atoms with E-state index in [1.807, 2.05) is 0 Å². The molecule has 1 aromatic carbocycles. The third kappa shape index (κ3) is 3.17. The number of hydrogen-bond donors (Lipinski definition) is 1. The zero-order chi connectivity index (χ0) is 12.0. The molecule has 0 radical (unpaired) electrons. The Labute approximate surface area is 93.9 Å². The maximum atomic E-state index is 13.4. The average Bonchev–Trinajstić information content (AvgIpc) is 2.31. The average molecular weight is 223 g/mol. The van der Waals surface area contributed by atoms with E-state index in [4.69, 9.17) is 9.94 Å². The molecule has 0 fully saturated rings. The maximum absolute atomic E-state index is 13.4. The summed E-state index contributed by atoms with van der Waals surface area (Å²) in [6, 6.07) is 6.07. The molecule has 0 spiro atoms. The zero-order valence-corrected chi connectivity index (χ0v) is 9.06. The first-order chi connectivity index (χ1) is 7.69. The van der Waals surface area contributed by atoms with Gasteiger partial charge in [-0.05, 0) is 19.1 Å². The van der Waals surface area contributed by atoms with Crippen molar-refractivity contribution in [1.82, 2.24) is 0 Å². The fourth-order valence-corrected chi connectivity index (χ4v) is 1.13. The molecule has 86 valence electrons. The molecule has 1 atom stereocenters. The van der Waals surface area contributed by atoms with Crippen molar-refractivity contribution in [3.8, 4) is 0 Å². The molecule has 0 saturated carbocycles. The third-order valence-electron chi connectivity index (χ3n) is 2.12. The molecule has 0 bridgehead atoms. The van der Waals surface area contributed by atoms with Crippen LogP contribution >= 0.6 is 0 Å². The van der Waals surface area contributed by atoms with Gasteiger partial charge in [-0.3, -0.25) is 0 Å². The smallest absolute Gasteiger partial charge is 0.132 e. The number of halogens is 1. The summed E-state index contributed by atoms with van der Waals surface area (Å²) < 4.78 is 18.6. The molecular formula is C12H14FNO2. The van der Waals surface area contributed by atoms with Crippen LogP contribution in [-0.2, 0) is 4.74 Å². The number of oxime groups is 1. The van der Waals surface area contributed by atoms with Crippen molar-refractivity contribution in [2.45, 2.75) is 13.0 Å². The van der Waals surface area contributed by atoms with Crippen molar-refractivity contribution >= 4 is 5.71 Å². The molecule has 0 aliphatic heterocycles. The lowest BCUT2D eigenvalue weighted by atomic mass is 10.1. The molecule has 1 aromatic rings. The Bertz CT molecular complexity index is 390. The summed E-state index contributed by atoms with van der Waals surface area (Å²) in [5.41, 5.74) is 0.396. The molecule has 3 nitrogen and oxygen atoms in total. The highest BCUT2D eigenvalue weighted by Gasteiger charge is 2.10. The lowest BCUT2D eigenvalue weighted by molar-refractivity contribution is 0.130. The van der Waals surface area contributed by atoms with Crippen molar-refractivity contribution in [2.24, 2.45) is 5.16 Å². The number of ether oxygens (including phenoxy) is 1. The monoisotopic (exact) mass is 223 g/mol. The lowest BCUT2D eigenvalue weighted by Crippen LogP contribution is -2.16. The molecule has 0 aliphatic carbocycles. The second-order valence-corrected chi connectivity index (χ2v) is 3.28. The van der Waals surface area contributed by atoms with E-state index in [1.54, 1.807) is 25.1 Å². The molecule has 0 amide bonds. The molecule has 0 heterocycles. The van der Waals surface area contributed by atoms with Gasteiger partial charge in [0, 0.05) is 5.56 Å². The van der Waals surface area contributed by atoms with Gasteiger partial charge < -0.3 is 9.94 Å². The van der Waals surface area contributed by atoms with Crippen LogP contribution in [0.3, 0.4) is 0 Å². The highest BCUT2D eigenvalue weighted by Crippen LogP contribution is 2.09. The van der Waals surface area contributed by atoms with Gasteiger partial charge in [-0.25, -0.2) is 4.39 Å². The molecule has 4 heteroatoms. The van der Waals surface area contributed by atoms with Gasteiger partial charge in [-0.1, -0.05) is 23.4 Å². The first-order valence-corrected chi connectivity index (χ1v) is 4.89. The fraction of sp³-hybridized carbons (Fsp3) is 0.250.